The van der Waals surface area contributed by atoms with E-state index in [1.807, 2.05) is 36.4 Å². The fourth-order valence-electron chi connectivity index (χ4n) is 11.5. The van der Waals surface area contributed by atoms with Crippen LogP contribution in [0, 0.1) is 0 Å². The summed E-state index contributed by atoms with van der Waals surface area (Å²) in [6, 6.07) is 90.1. The van der Waals surface area contributed by atoms with Crippen LogP contribution in [0.4, 0.5) is 0 Å². The lowest BCUT2D eigenvalue weighted by Gasteiger charge is -2.46. The maximum absolute atomic E-state index is 5.34. The molecule has 0 saturated heterocycles. The van der Waals surface area contributed by atoms with Crippen LogP contribution in [0.5, 0.6) is 0 Å². The van der Waals surface area contributed by atoms with Crippen molar-refractivity contribution in [3.05, 3.63) is 282 Å². The third kappa shape index (κ3) is 6.61. The van der Waals surface area contributed by atoms with E-state index in [0.29, 0.717) is 17.5 Å². The molecule has 13 rings (SSSR count). The standard InChI is InChI=1S/C67H47N3/c1-66(2)57-29-15-17-31-59(57)67(60-32-18-16-30-58(60)66)56-39-38-50(46-34-36-47(37-35-46)53-41-51(44-20-7-3-8-21-44)40-52(42-53)45-22-9-4-10-23-45)43-55(56)62-54(28-19-33-61(62)67)65-69-63(48-24-11-5-12-25-48)68-64(70-65)49-26-13-6-14-27-49/h3-43H,1-2H3. The van der Waals surface area contributed by atoms with E-state index in [1.54, 1.807) is 0 Å². The van der Waals surface area contributed by atoms with Gasteiger partial charge in [0.25, 0.3) is 0 Å². The van der Waals surface area contributed by atoms with Crippen molar-refractivity contribution >= 4 is 0 Å². The van der Waals surface area contributed by atoms with Crippen LogP contribution in [0.2, 0.25) is 0 Å². The van der Waals surface area contributed by atoms with Gasteiger partial charge in [-0.1, -0.05) is 238 Å². The molecule has 0 saturated carbocycles. The third-order valence-corrected chi connectivity index (χ3v) is 14.8. The quantitative estimate of drug-likeness (QED) is 0.160. The molecule has 1 spiro atoms. The Hall–Kier alpha value is -8.79. The van der Waals surface area contributed by atoms with Crippen molar-refractivity contribution in [2.24, 2.45) is 0 Å². The maximum atomic E-state index is 5.34. The molecule has 330 valence electrons. The van der Waals surface area contributed by atoms with Crippen molar-refractivity contribution < 1.29 is 0 Å². The van der Waals surface area contributed by atoms with Crippen LogP contribution in [0.3, 0.4) is 0 Å². The predicted molar refractivity (Wildman–Crippen MR) is 287 cm³/mol. The molecule has 70 heavy (non-hydrogen) atoms. The molecule has 0 bridgehead atoms. The molecule has 1 aromatic heterocycles. The molecule has 2 aliphatic carbocycles. The summed E-state index contributed by atoms with van der Waals surface area (Å²) < 4.78 is 0. The van der Waals surface area contributed by atoms with Crippen molar-refractivity contribution in [2.75, 3.05) is 0 Å². The average Bonchev–Trinajstić information content (AvgIpc) is 3.73. The Morgan fingerprint density at radius 2 is 0.614 bits per heavy atom. The minimum absolute atomic E-state index is 0.216. The van der Waals surface area contributed by atoms with Crippen molar-refractivity contribution in [1.82, 2.24) is 15.0 Å². The van der Waals surface area contributed by atoms with Crippen LogP contribution < -0.4 is 0 Å². The summed E-state index contributed by atoms with van der Waals surface area (Å²) in [7, 11) is 0. The molecule has 0 amide bonds. The smallest absolute Gasteiger partial charge is 0.164 e. The van der Waals surface area contributed by atoms with Crippen LogP contribution in [-0.2, 0) is 10.8 Å². The molecule has 0 unspecified atom stereocenters. The molecule has 0 atom stereocenters. The maximum Gasteiger partial charge on any atom is 0.164 e. The van der Waals surface area contributed by atoms with Gasteiger partial charge in [0.1, 0.15) is 0 Å². The van der Waals surface area contributed by atoms with Gasteiger partial charge in [-0.25, -0.2) is 15.0 Å². The highest BCUT2D eigenvalue weighted by Gasteiger charge is 2.54. The second kappa shape index (κ2) is 16.5. The summed E-state index contributed by atoms with van der Waals surface area (Å²) in [5, 5.41) is 0. The molecule has 0 N–H and O–H groups in total. The van der Waals surface area contributed by atoms with E-state index < -0.39 is 5.41 Å². The van der Waals surface area contributed by atoms with Gasteiger partial charge in [-0.05, 0) is 113 Å². The van der Waals surface area contributed by atoms with Gasteiger partial charge < -0.3 is 0 Å². The second-order valence-corrected chi connectivity index (χ2v) is 19.1. The molecule has 3 nitrogen and oxygen atoms in total. The van der Waals surface area contributed by atoms with Gasteiger partial charge in [0.2, 0.25) is 0 Å². The van der Waals surface area contributed by atoms with Gasteiger partial charge in [-0.2, -0.15) is 0 Å². The Morgan fingerprint density at radius 1 is 0.243 bits per heavy atom. The van der Waals surface area contributed by atoms with Gasteiger partial charge in [0.15, 0.2) is 17.5 Å². The minimum Gasteiger partial charge on any atom is -0.208 e. The zero-order chi connectivity index (χ0) is 46.8. The normalized spacial score (nSPS) is 13.5. The first-order valence-electron chi connectivity index (χ1n) is 24.2. The number of nitrogens with zero attached hydrogens (tertiary/aromatic N) is 3. The molecule has 10 aromatic carbocycles. The lowest BCUT2D eigenvalue weighted by atomic mass is 9.55. The number of hydrogen-bond donors (Lipinski definition) is 0. The van der Waals surface area contributed by atoms with E-state index >= 15 is 0 Å². The summed E-state index contributed by atoms with van der Waals surface area (Å²) >= 11 is 0. The SMILES string of the molecule is CC1(C)c2ccccc2C2(c3ccc(-c4ccc(-c5cc(-c6ccccc6)cc(-c6ccccc6)c5)cc4)cc3-c3c(-c4nc(-c5ccccc5)nc(-c5ccccc5)n4)cccc32)c2ccccc21. The van der Waals surface area contributed by atoms with E-state index in [2.05, 4.69) is 226 Å². The summed E-state index contributed by atoms with van der Waals surface area (Å²) in [5.41, 5.74) is 21.6. The highest BCUT2D eigenvalue weighted by molar-refractivity contribution is 5.97. The Morgan fingerprint density at radius 3 is 1.10 bits per heavy atom. The molecular formula is C67H47N3. The molecule has 3 heteroatoms. The molecule has 11 aromatic rings. The van der Waals surface area contributed by atoms with Crippen molar-refractivity contribution in [3.8, 4) is 89.8 Å². The minimum atomic E-state index is -0.594. The lowest BCUT2D eigenvalue weighted by Crippen LogP contribution is -2.40. The molecule has 0 aliphatic heterocycles. The number of aromatic nitrogens is 3. The van der Waals surface area contributed by atoms with Gasteiger partial charge in [0.05, 0.1) is 5.41 Å². The molecule has 1 heterocycles. The average molecular weight is 894 g/mol. The molecule has 0 radical (unpaired) electrons. The van der Waals surface area contributed by atoms with Crippen molar-refractivity contribution in [2.45, 2.75) is 24.7 Å². The van der Waals surface area contributed by atoms with Crippen LogP contribution in [0.25, 0.3) is 89.8 Å². The van der Waals surface area contributed by atoms with Gasteiger partial charge in [-0.3, -0.25) is 0 Å². The summed E-state index contributed by atoms with van der Waals surface area (Å²) in [5.74, 6) is 1.93. The first-order valence-corrected chi connectivity index (χ1v) is 24.2. The van der Waals surface area contributed by atoms with E-state index in [4.69, 9.17) is 15.0 Å². The van der Waals surface area contributed by atoms with Crippen LogP contribution in [0.15, 0.2) is 249 Å². The lowest BCUT2D eigenvalue weighted by molar-refractivity contribution is 0.563. The van der Waals surface area contributed by atoms with E-state index in [-0.39, 0.29) is 5.41 Å². The van der Waals surface area contributed by atoms with Crippen LogP contribution in [-0.4, -0.2) is 15.0 Å². The summed E-state index contributed by atoms with van der Waals surface area (Å²) in [4.78, 5) is 15.8. The van der Waals surface area contributed by atoms with E-state index in [9.17, 15) is 0 Å². The van der Waals surface area contributed by atoms with Gasteiger partial charge in [-0.15, -0.1) is 0 Å². The first kappa shape index (κ1) is 41.4. The van der Waals surface area contributed by atoms with Crippen LogP contribution in [0.1, 0.15) is 47.2 Å². The first-order chi connectivity index (χ1) is 34.4. The van der Waals surface area contributed by atoms with Gasteiger partial charge >= 0.3 is 0 Å². The highest BCUT2D eigenvalue weighted by Crippen LogP contribution is 2.63. The molecular weight excluding hydrogens is 847 g/mol. The van der Waals surface area contributed by atoms with Gasteiger partial charge in [0, 0.05) is 22.1 Å². The molecule has 2 aliphatic rings. The van der Waals surface area contributed by atoms with Crippen molar-refractivity contribution in [3.63, 3.8) is 0 Å². The van der Waals surface area contributed by atoms with E-state index in [1.165, 1.54) is 72.3 Å². The number of benzene rings is 10. The monoisotopic (exact) mass is 893 g/mol. The topological polar surface area (TPSA) is 38.7 Å². The Bertz CT molecular complexity index is 3600. The van der Waals surface area contributed by atoms with Crippen molar-refractivity contribution in [1.29, 1.82) is 0 Å². The molecule has 0 fully saturated rings. The highest BCUT2D eigenvalue weighted by atomic mass is 15.0. The number of fused-ring (bicyclic) bond motifs is 9. The largest absolute Gasteiger partial charge is 0.208 e. The zero-order valence-corrected chi connectivity index (χ0v) is 39.0. The second-order valence-electron chi connectivity index (χ2n) is 19.1. The summed E-state index contributed by atoms with van der Waals surface area (Å²) in [6.07, 6.45) is 0. The summed E-state index contributed by atoms with van der Waals surface area (Å²) in [6.45, 7) is 4.75. The Balaban J connectivity index is 1.02. The van der Waals surface area contributed by atoms with Crippen LogP contribution >= 0.6 is 0 Å². The third-order valence-electron chi connectivity index (χ3n) is 14.8. The fourth-order valence-corrected chi connectivity index (χ4v) is 11.5. The Labute approximate surface area is 409 Å². The Kier molecular flexibility index (Phi) is 9.74. The number of hydrogen-bond acceptors (Lipinski definition) is 3. The predicted octanol–water partition coefficient (Wildman–Crippen LogP) is 16.5. The number of rotatable bonds is 7. The van der Waals surface area contributed by atoms with E-state index in [0.717, 1.165) is 33.4 Å². The fraction of sp³-hybridized carbons (Fsp3) is 0.0597. The zero-order valence-electron chi connectivity index (χ0n) is 39.0.